The average molecular weight is 322 g/mol. The van der Waals surface area contributed by atoms with Crippen molar-refractivity contribution in [2.75, 3.05) is 33.2 Å². The first-order valence-corrected chi connectivity index (χ1v) is 9.95. The second-order valence-corrected chi connectivity index (χ2v) is 8.02. The summed E-state index contributed by atoms with van der Waals surface area (Å²) in [5.74, 6) is 0.649. The SMILES string of the molecule is CN1CCC[C@@H]1CCN1CCC(NC(=O)C2CCCCC2)CC1. The molecule has 2 heterocycles. The highest BCUT2D eigenvalue weighted by molar-refractivity contribution is 5.79. The van der Waals surface area contributed by atoms with E-state index in [0.717, 1.165) is 44.8 Å². The van der Waals surface area contributed by atoms with E-state index < -0.39 is 0 Å². The number of carbonyl (C=O) groups is 1. The molecule has 0 aromatic rings. The van der Waals surface area contributed by atoms with E-state index in [1.165, 1.54) is 51.6 Å². The first kappa shape index (κ1) is 17.2. The third-order valence-electron chi connectivity index (χ3n) is 6.36. The first-order chi connectivity index (χ1) is 11.2. The number of nitrogens with zero attached hydrogens (tertiary/aromatic N) is 2. The maximum Gasteiger partial charge on any atom is 0.223 e. The van der Waals surface area contributed by atoms with Gasteiger partial charge in [-0.2, -0.15) is 0 Å². The molecule has 4 heteroatoms. The van der Waals surface area contributed by atoms with Gasteiger partial charge in [0.05, 0.1) is 0 Å². The van der Waals surface area contributed by atoms with Crippen molar-refractivity contribution in [2.45, 2.75) is 76.3 Å². The van der Waals surface area contributed by atoms with Crippen LogP contribution < -0.4 is 5.32 Å². The van der Waals surface area contributed by atoms with Gasteiger partial charge in [-0.15, -0.1) is 0 Å². The Kier molecular flexibility index (Phi) is 6.35. The second-order valence-electron chi connectivity index (χ2n) is 8.02. The summed E-state index contributed by atoms with van der Waals surface area (Å²) in [7, 11) is 2.27. The smallest absolute Gasteiger partial charge is 0.223 e. The topological polar surface area (TPSA) is 35.6 Å². The van der Waals surface area contributed by atoms with Crippen LogP contribution in [0.5, 0.6) is 0 Å². The van der Waals surface area contributed by atoms with Gasteiger partial charge in [0, 0.05) is 31.1 Å². The number of hydrogen-bond donors (Lipinski definition) is 1. The molecule has 3 fully saturated rings. The fourth-order valence-electron chi connectivity index (χ4n) is 4.66. The zero-order valence-electron chi connectivity index (χ0n) is 14.9. The first-order valence-electron chi connectivity index (χ1n) is 9.95. The number of rotatable bonds is 5. The van der Waals surface area contributed by atoms with Gasteiger partial charge in [-0.05, 0) is 65.1 Å². The van der Waals surface area contributed by atoms with Crippen molar-refractivity contribution >= 4 is 5.91 Å². The number of likely N-dealkylation sites (tertiary alicyclic amines) is 2. The van der Waals surface area contributed by atoms with Crippen molar-refractivity contribution in [3.05, 3.63) is 0 Å². The molecule has 1 aliphatic carbocycles. The summed E-state index contributed by atoms with van der Waals surface area (Å²) in [6.07, 6.45) is 12.4. The lowest BCUT2D eigenvalue weighted by Crippen LogP contribution is -2.47. The Morgan fingerprint density at radius 2 is 1.70 bits per heavy atom. The summed E-state index contributed by atoms with van der Waals surface area (Å²) in [6.45, 7) is 4.83. The molecule has 1 atom stereocenters. The molecule has 1 saturated carbocycles. The Balaban J connectivity index is 1.32. The van der Waals surface area contributed by atoms with Crippen LogP contribution in [0.3, 0.4) is 0 Å². The molecule has 0 aromatic heterocycles. The van der Waals surface area contributed by atoms with Gasteiger partial charge in [0.25, 0.3) is 0 Å². The fraction of sp³-hybridized carbons (Fsp3) is 0.947. The lowest BCUT2D eigenvalue weighted by atomic mass is 9.88. The van der Waals surface area contributed by atoms with Gasteiger partial charge in [0.1, 0.15) is 0 Å². The molecule has 132 valence electrons. The van der Waals surface area contributed by atoms with Crippen molar-refractivity contribution in [2.24, 2.45) is 5.92 Å². The quantitative estimate of drug-likeness (QED) is 0.845. The van der Waals surface area contributed by atoms with E-state index >= 15 is 0 Å². The number of piperidine rings is 1. The highest BCUT2D eigenvalue weighted by atomic mass is 16.1. The molecule has 4 nitrogen and oxygen atoms in total. The molecule has 3 rings (SSSR count). The van der Waals surface area contributed by atoms with Crippen LogP contribution in [0, 0.1) is 5.92 Å². The maximum absolute atomic E-state index is 12.4. The Morgan fingerprint density at radius 1 is 0.957 bits per heavy atom. The summed E-state index contributed by atoms with van der Waals surface area (Å²) in [6, 6.07) is 1.23. The number of amides is 1. The van der Waals surface area contributed by atoms with E-state index in [9.17, 15) is 4.79 Å². The standard InChI is InChI=1S/C19H35N3O/c1-21-12-5-8-18(21)11-15-22-13-9-17(10-14-22)20-19(23)16-6-3-2-4-7-16/h16-18H,2-15H2,1H3,(H,20,23)/t18-/m1/s1. The second kappa shape index (κ2) is 8.48. The van der Waals surface area contributed by atoms with E-state index in [1.807, 2.05) is 0 Å². The van der Waals surface area contributed by atoms with Gasteiger partial charge in [0.2, 0.25) is 5.91 Å². The lowest BCUT2D eigenvalue weighted by Gasteiger charge is -2.34. The van der Waals surface area contributed by atoms with Crippen LogP contribution in [0.2, 0.25) is 0 Å². The van der Waals surface area contributed by atoms with Crippen LogP contribution >= 0.6 is 0 Å². The molecular weight excluding hydrogens is 286 g/mol. The molecule has 23 heavy (non-hydrogen) atoms. The summed E-state index contributed by atoms with van der Waals surface area (Å²) >= 11 is 0. The molecule has 0 unspecified atom stereocenters. The molecule has 1 amide bonds. The van der Waals surface area contributed by atoms with E-state index in [0.29, 0.717) is 17.9 Å². The normalized spacial score (nSPS) is 29.0. The maximum atomic E-state index is 12.4. The molecule has 0 spiro atoms. The Bertz CT molecular complexity index is 373. The zero-order valence-corrected chi connectivity index (χ0v) is 14.9. The van der Waals surface area contributed by atoms with Crippen LogP contribution in [0.1, 0.15) is 64.2 Å². The summed E-state index contributed by atoms with van der Waals surface area (Å²) in [5.41, 5.74) is 0. The van der Waals surface area contributed by atoms with Crippen LogP contribution in [-0.4, -0.2) is 61.0 Å². The molecule has 0 bridgehead atoms. The molecular formula is C19H35N3O. The molecule has 1 N–H and O–H groups in total. The molecule has 0 aromatic carbocycles. The van der Waals surface area contributed by atoms with Crippen molar-refractivity contribution in [3.8, 4) is 0 Å². The third kappa shape index (κ3) is 4.93. The summed E-state index contributed by atoms with van der Waals surface area (Å²) in [4.78, 5) is 17.5. The Labute approximate surface area is 142 Å². The largest absolute Gasteiger partial charge is 0.353 e. The zero-order chi connectivity index (χ0) is 16.1. The van der Waals surface area contributed by atoms with Gasteiger partial charge in [-0.1, -0.05) is 19.3 Å². The van der Waals surface area contributed by atoms with E-state index in [1.54, 1.807) is 0 Å². The summed E-state index contributed by atoms with van der Waals surface area (Å²) in [5, 5.41) is 3.34. The minimum atomic E-state index is 0.305. The molecule has 0 radical (unpaired) electrons. The van der Waals surface area contributed by atoms with E-state index in [4.69, 9.17) is 0 Å². The predicted molar refractivity (Wildman–Crippen MR) is 94.4 cm³/mol. The number of nitrogens with one attached hydrogen (secondary N) is 1. The van der Waals surface area contributed by atoms with Crippen molar-refractivity contribution in [3.63, 3.8) is 0 Å². The van der Waals surface area contributed by atoms with Gasteiger partial charge < -0.3 is 15.1 Å². The highest BCUT2D eigenvalue weighted by Gasteiger charge is 2.26. The minimum Gasteiger partial charge on any atom is -0.353 e. The van der Waals surface area contributed by atoms with Crippen molar-refractivity contribution in [1.29, 1.82) is 0 Å². The van der Waals surface area contributed by atoms with E-state index in [2.05, 4.69) is 22.2 Å². The lowest BCUT2D eigenvalue weighted by molar-refractivity contribution is -0.127. The van der Waals surface area contributed by atoms with Crippen LogP contribution in [-0.2, 0) is 4.79 Å². The number of carbonyl (C=O) groups excluding carboxylic acids is 1. The molecule has 3 aliphatic rings. The highest BCUT2D eigenvalue weighted by Crippen LogP contribution is 2.24. The van der Waals surface area contributed by atoms with Crippen LogP contribution in [0.4, 0.5) is 0 Å². The van der Waals surface area contributed by atoms with Gasteiger partial charge >= 0.3 is 0 Å². The van der Waals surface area contributed by atoms with E-state index in [-0.39, 0.29) is 0 Å². The molecule has 2 saturated heterocycles. The van der Waals surface area contributed by atoms with Crippen LogP contribution in [0.15, 0.2) is 0 Å². The predicted octanol–water partition coefficient (Wildman–Crippen LogP) is 2.63. The average Bonchev–Trinajstić information content (AvgIpc) is 3.00. The monoisotopic (exact) mass is 321 g/mol. The van der Waals surface area contributed by atoms with Gasteiger partial charge in [0.15, 0.2) is 0 Å². The third-order valence-corrected chi connectivity index (χ3v) is 6.36. The molecule has 2 aliphatic heterocycles. The Hall–Kier alpha value is -0.610. The van der Waals surface area contributed by atoms with Crippen molar-refractivity contribution < 1.29 is 4.79 Å². The van der Waals surface area contributed by atoms with Crippen LogP contribution in [0.25, 0.3) is 0 Å². The number of hydrogen-bond acceptors (Lipinski definition) is 3. The summed E-state index contributed by atoms with van der Waals surface area (Å²) < 4.78 is 0. The van der Waals surface area contributed by atoms with Gasteiger partial charge in [-0.3, -0.25) is 4.79 Å². The van der Waals surface area contributed by atoms with Crippen molar-refractivity contribution in [1.82, 2.24) is 15.1 Å². The minimum absolute atomic E-state index is 0.305. The Morgan fingerprint density at radius 3 is 2.35 bits per heavy atom. The van der Waals surface area contributed by atoms with Gasteiger partial charge in [-0.25, -0.2) is 0 Å². The fourth-order valence-corrected chi connectivity index (χ4v) is 4.66.